The van der Waals surface area contributed by atoms with Crippen molar-refractivity contribution in [2.75, 3.05) is 0 Å². The van der Waals surface area contributed by atoms with E-state index in [-0.39, 0.29) is 11.0 Å². The quantitative estimate of drug-likeness (QED) is 0.597. The summed E-state index contributed by atoms with van der Waals surface area (Å²) in [5.74, 6) is -1.11. The van der Waals surface area contributed by atoms with Crippen molar-refractivity contribution in [3.63, 3.8) is 0 Å². The number of halogens is 2. The van der Waals surface area contributed by atoms with Gasteiger partial charge in [0, 0.05) is 12.4 Å². The average molecular weight is 166 g/mol. The van der Waals surface area contributed by atoms with Crippen molar-refractivity contribution in [3.8, 4) is 0 Å². The van der Waals surface area contributed by atoms with Crippen LogP contribution in [-0.2, 0) is 0 Å². The van der Waals surface area contributed by atoms with Crippen molar-refractivity contribution in [2.24, 2.45) is 0 Å². The fourth-order valence-corrected chi connectivity index (χ4v) is 0.992. The van der Waals surface area contributed by atoms with Crippen LogP contribution in [0.4, 0.5) is 8.78 Å². The third-order valence-electron chi connectivity index (χ3n) is 1.53. The molecule has 60 valence electrons. The number of hydrogen-bond donors (Lipinski definition) is 0. The van der Waals surface area contributed by atoms with Crippen LogP contribution in [0.5, 0.6) is 0 Å². The van der Waals surface area contributed by atoms with E-state index < -0.39 is 11.6 Å². The van der Waals surface area contributed by atoms with Crippen LogP contribution in [0.2, 0.25) is 0 Å². The summed E-state index contributed by atoms with van der Waals surface area (Å²) in [5, 5.41) is 0. The van der Waals surface area contributed by atoms with Crippen molar-refractivity contribution in [3.05, 3.63) is 36.2 Å². The van der Waals surface area contributed by atoms with E-state index in [0.717, 1.165) is 12.1 Å². The molecule has 12 heavy (non-hydrogen) atoms. The van der Waals surface area contributed by atoms with Gasteiger partial charge in [0.2, 0.25) is 0 Å². The highest BCUT2D eigenvalue weighted by Crippen LogP contribution is 2.15. The molecule has 0 aliphatic rings. The number of nitrogens with zero attached hydrogens (tertiary/aromatic N) is 2. The van der Waals surface area contributed by atoms with Crippen LogP contribution in [0.1, 0.15) is 0 Å². The second-order valence-corrected chi connectivity index (χ2v) is 2.28. The highest BCUT2D eigenvalue weighted by molar-refractivity contribution is 5.74. The zero-order chi connectivity index (χ0) is 8.55. The Labute approximate surface area is 66.9 Å². The Morgan fingerprint density at radius 1 is 0.833 bits per heavy atom. The third-order valence-corrected chi connectivity index (χ3v) is 1.53. The molecule has 4 heteroatoms. The molecule has 2 aromatic rings. The first-order valence-corrected chi connectivity index (χ1v) is 3.34. The van der Waals surface area contributed by atoms with E-state index in [1.54, 1.807) is 0 Å². The van der Waals surface area contributed by atoms with Crippen molar-refractivity contribution in [1.29, 1.82) is 0 Å². The maximum Gasteiger partial charge on any atom is 0.151 e. The SMILES string of the molecule is Fc1ccc(F)c2nccnc12. The number of aromatic nitrogens is 2. The molecule has 0 aliphatic carbocycles. The first kappa shape index (κ1) is 7.09. The first-order valence-electron chi connectivity index (χ1n) is 3.34. The normalized spacial score (nSPS) is 10.5. The van der Waals surface area contributed by atoms with E-state index in [1.165, 1.54) is 12.4 Å². The van der Waals surface area contributed by atoms with Gasteiger partial charge in [-0.2, -0.15) is 0 Å². The van der Waals surface area contributed by atoms with E-state index in [0.29, 0.717) is 0 Å². The number of rotatable bonds is 0. The van der Waals surface area contributed by atoms with Gasteiger partial charge in [-0.25, -0.2) is 18.7 Å². The summed E-state index contributed by atoms with van der Waals surface area (Å²) in [6.07, 6.45) is 2.65. The molecule has 0 spiro atoms. The van der Waals surface area contributed by atoms with Crippen LogP contribution in [0, 0.1) is 11.6 Å². The van der Waals surface area contributed by atoms with Gasteiger partial charge in [-0.3, -0.25) is 0 Å². The minimum atomic E-state index is -0.556. The Morgan fingerprint density at radius 3 is 1.67 bits per heavy atom. The predicted octanol–water partition coefficient (Wildman–Crippen LogP) is 1.91. The zero-order valence-corrected chi connectivity index (χ0v) is 5.96. The van der Waals surface area contributed by atoms with Gasteiger partial charge >= 0.3 is 0 Å². The zero-order valence-electron chi connectivity index (χ0n) is 5.96. The fraction of sp³-hybridized carbons (Fsp3) is 0. The van der Waals surface area contributed by atoms with E-state index >= 15 is 0 Å². The lowest BCUT2D eigenvalue weighted by molar-refractivity contribution is 0.612. The fourth-order valence-electron chi connectivity index (χ4n) is 0.992. The van der Waals surface area contributed by atoms with Gasteiger partial charge in [-0.05, 0) is 12.1 Å². The molecule has 0 amide bonds. The largest absolute Gasteiger partial charge is 0.250 e. The molecule has 0 fully saturated rings. The summed E-state index contributed by atoms with van der Waals surface area (Å²) >= 11 is 0. The Kier molecular flexibility index (Phi) is 1.46. The summed E-state index contributed by atoms with van der Waals surface area (Å²) in [4.78, 5) is 7.33. The highest BCUT2D eigenvalue weighted by atomic mass is 19.1. The summed E-state index contributed by atoms with van der Waals surface area (Å²) in [6.45, 7) is 0. The molecule has 2 nitrogen and oxygen atoms in total. The van der Waals surface area contributed by atoms with Crippen molar-refractivity contribution >= 4 is 11.0 Å². The maximum absolute atomic E-state index is 12.9. The van der Waals surface area contributed by atoms with Crippen molar-refractivity contribution in [2.45, 2.75) is 0 Å². The molecule has 0 aliphatic heterocycles. The minimum Gasteiger partial charge on any atom is -0.250 e. The maximum atomic E-state index is 12.9. The molecule has 0 unspecified atom stereocenters. The monoisotopic (exact) mass is 166 g/mol. The van der Waals surface area contributed by atoms with Gasteiger partial charge in [0.25, 0.3) is 0 Å². The molecule has 0 bridgehead atoms. The molecule has 0 radical (unpaired) electrons. The van der Waals surface area contributed by atoms with Crippen LogP contribution in [0.25, 0.3) is 11.0 Å². The van der Waals surface area contributed by atoms with Crippen molar-refractivity contribution in [1.82, 2.24) is 9.97 Å². The Morgan fingerprint density at radius 2 is 1.25 bits per heavy atom. The Bertz CT molecular complexity index is 388. The minimum absolute atomic E-state index is 0.0301. The molecular weight excluding hydrogens is 162 g/mol. The number of benzene rings is 1. The second-order valence-electron chi connectivity index (χ2n) is 2.28. The van der Waals surface area contributed by atoms with Gasteiger partial charge in [0.05, 0.1) is 0 Å². The van der Waals surface area contributed by atoms with E-state index in [4.69, 9.17) is 0 Å². The molecule has 0 atom stereocenters. The van der Waals surface area contributed by atoms with E-state index in [2.05, 4.69) is 9.97 Å². The highest BCUT2D eigenvalue weighted by Gasteiger charge is 2.06. The van der Waals surface area contributed by atoms with Crippen molar-refractivity contribution < 1.29 is 8.78 Å². The molecule has 2 rings (SSSR count). The molecule has 0 N–H and O–H groups in total. The van der Waals surface area contributed by atoms with Gasteiger partial charge < -0.3 is 0 Å². The van der Waals surface area contributed by atoms with Gasteiger partial charge in [0.1, 0.15) is 11.0 Å². The molecule has 1 aromatic carbocycles. The van der Waals surface area contributed by atoms with Crippen LogP contribution in [0.3, 0.4) is 0 Å². The van der Waals surface area contributed by atoms with Gasteiger partial charge in [0.15, 0.2) is 11.6 Å². The van der Waals surface area contributed by atoms with Crippen LogP contribution in [0.15, 0.2) is 24.5 Å². The second kappa shape index (κ2) is 2.48. The molecule has 1 heterocycles. The smallest absolute Gasteiger partial charge is 0.151 e. The van der Waals surface area contributed by atoms with Crippen LogP contribution < -0.4 is 0 Å². The van der Waals surface area contributed by atoms with E-state index in [9.17, 15) is 8.78 Å². The lowest BCUT2D eigenvalue weighted by atomic mass is 10.3. The summed E-state index contributed by atoms with van der Waals surface area (Å²) in [7, 11) is 0. The molecule has 0 saturated heterocycles. The molecule has 0 saturated carbocycles. The standard InChI is InChI=1S/C8H4F2N2/c9-5-1-2-6(10)8-7(5)11-3-4-12-8/h1-4H. The third kappa shape index (κ3) is 0.922. The van der Waals surface area contributed by atoms with Crippen LogP contribution in [-0.4, -0.2) is 9.97 Å². The molecule has 1 aromatic heterocycles. The Balaban J connectivity index is 2.95. The van der Waals surface area contributed by atoms with E-state index in [1.807, 2.05) is 0 Å². The topological polar surface area (TPSA) is 25.8 Å². The van der Waals surface area contributed by atoms with Crippen LogP contribution >= 0.6 is 0 Å². The van der Waals surface area contributed by atoms with Gasteiger partial charge in [-0.1, -0.05) is 0 Å². The summed E-state index contributed by atoms with van der Waals surface area (Å²) in [6, 6.07) is 2.07. The number of fused-ring (bicyclic) bond motifs is 1. The lowest BCUT2D eigenvalue weighted by Crippen LogP contribution is -1.89. The lowest BCUT2D eigenvalue weighted by Gasteiger charge is -1.96. The molecular formula is C8H4F2N2. The van der Waals surface area contributed by atoms with Gasteiger partial charge in [-0.15, -0.1) is 0 Å². The number of hydrogen-bond acceptors (Lipinski definition) is 2. The summed E-state index contributed by atoms with van der Waals surface area (Å²) in [5.41, 5.74) is -0.0602. The summed E-state index contributed by atoms with van der Waals surface area (Å²) < 4.78 is 25.8. The Hall–Kier alpha value is -1.58. The average Bonchev–Trinajstić information content (AvgIpc) is 2.12. The predicted molar refractivity (Wildman–Crippen MR) is 39.5 cm³/mol. The first-order chi connectivity index (χ1) is 5.79.